The first-order valence-corrected chi connectivity index (χ1v) is 5.65. The van der Waals surface area contributed by atoms with Crippen LogP contribution in [-0.4, -0.2) is 17.9 Å². The van der Waals surface area contributed by atoms with E-state index in [0.717, 1.165) is 5.56 Å². The maximum absolute atomic E-state index is 12.8. The van der Waals surface area contributed by atoms with E-state index in [1.54, 1.807) is 36.2 Å². The Bertz CT molecular complexity index is 519. The molecular weight excluding hydrogens is 233 g/mol. The predicted octanol–water partition coefficient (Wildman–Crippen LogP) is 3.25. The van der Waals surface area contributed by atoms with Gasteiger partial charge in [-0.15, -0.1) is 0 Å². The van der Waals surface area contributed by atoms with Gasteiger partial charge in [0, 0.05) is 7.05 Å². The normalized spacial score (nSPS) is 12.2. The minimum absolute atomic E-state index is 0.150. The van der Waals surface area contributed by atoms with Crippen LogP contribution in [0.15, 0.2) is 47.1 Å². The third-order valence-corrected chi connectivity index (χ3v) is 2.99. The zero-order valence-electron chi connectivity index (χ0n) is 10.3. The van der Waals surface area contributed by atoms with E-state index >= 15 is 0 Å². The molecule has 1 aromatic carbocycles. The lowest BCUT2D eigenvalue weighted by Crippen LogP contribution is -2.29. The van der Waals surface area contributed by atoms with Crippen LogP contribution < -0.4 is 0 Å². The Balaban J connectivity index is 2.16. The number of nitrogens with zero attached hydrogens (tertiary/aromatic N) is 1. The molecule has 4 heteroatoms. The molecule has 2 aromatic rings. The number of halogens is 1. The average Bonchev–Trinajstić information content (AvgIpc) is 2.91. The smallest absolute Gasteiger partial charge is 0.289 e. The van der Waals surface area contributed by atoms with Gasteiger partial charge in [-0.2, -0.15) is 0 Å². The second-order valence-electron chi connectivity index (χ2n) is 4.12. The lowest BCUT2D eigenvalue weighted by Gasteiger charge is -2.24. The highest BCUT2D eigenvalue weighted by atomic mass is 19.1. The van der Waals surface area contributed by atoms with Crippen LogP contribution in [0.3, 0.4) is 0 Å². The van der Waals surface area contributed by atoms with Crippen molar-refractivity contribution < 1.29 is 13.6 Å². The van der Waals surface area contributed by atoms with Crippen molar-refractivity contribution >= 4 is 5.91 Å². The molecule has 0 bridgehead atoms. The molecular formula is C14H14FNO2. The number of benzene rings is 1. The second kappa shape index (κ2) is 5.04. The highest BCUT2D eigenvalue weighted by Gasteiger charge is 2.20. The first-order chi connectivity index (χ1) is 8.59. The largest absolute Gasteiger partial charge is 0.459 e. The molecule has 0 spiro atoms. The van der Waals surface area contributed by atoms with Gasteiger partial charge in [-0.05, 0) is 36.8 Å². The minimum atomic E-state index is -0.286. The summed E-state index contributed by atoms with van der Waals surface area (Å²) in [7, 11) is 1.69. The van der Waals surface area contributed by atoms with E-state index in [1.165, 1.54) is 18.4 Å². The van der Waals surface area contributed by atoms with E-state index in [1.807, 2.05) is 6.92 Å². The van der Waals surface area contributed by atoms with Crippen molar-refractivity contribution in [2.45, 2.75) is 13.0 Å². The number of furan rings is 1. The van der Waals surface area contributed by atoms with Crippen molar-refractivity contribution in [1.29, 1.82) is 0 Å². The van der Waals surface area contributed by atoms with Gasteiger partial charge in [0.05, 0.1) is 12.3 Å². The fourth-order valence-corrected chi connectivity index (χ4v) is 1.71. The van der Waals surface area contributed by atoms with E-state index in [4.69, 9.17) is 4.42 Å². The average molecular weight is 247 g/mol. The highest BCUT2D eigenvalue weighted by Crippen LogP contribution is 2.21. The number of carbonyl (C=O) groups excluding carboxylic acids is 1. The first-order valence-electron chi connectivity index (χ1n) is 5.65. The lowest BCUT2D eigenvalue weighted by molar-refractivity contribution is 0.0710. The SMILES string of the molecule is CC(c1ccc(F)cc1)N(C)C(=O)c1ccco1. The molecule has 0 saturated heterocycles. The molecule has 94 valence electrons. The maximum atomic E-state index is 12.8. The molecule has 0 aliphatic heterocycles. The van der Waals surface area contributed by atoms with E-state index in [2.05, 4.69) is 0 Å². The van der Waals surface area contributed by atoms with Gasteiger partial charge < -0.3 is 9.32 Å². The van der Waals surface area contributed by atoms with Gasteiger partial charge in [0.25, 0.3) is 5.91 Å². The van der Waals surface area contributed by atoms with Crippen LogP contribution in [0.25, 0.3) is 0 Å². The standard InChI is InChI=1S/C14H14FNO2/c1-10(11-5-7-12(15)8-6-11)16(2)14(17)13-4-3-9-18-13/h3-10H,1-2H3. The number of hydrogen-bond acceptors (Lipinski definition) is 2. The van der Waals surface area contributed by atoms with Crippen LogP contribution in [0.1, 0.15) is 29.1 Å². The summed E-state index contributed by atoms with van der Waals surface area (Å²) < 4.78 is 17.9. The van der Waals surface area contributed by atoms with Gasteiger partial charge in [-0.1, -0.05) is 12.1 Å². The Kier molecular flexibility index (Phi) is 3.46. The maximum Gasteiger partial charge on any atom is 0.289 e. The van der Waals surface area contributed by atoms with Gasteiger partial charge >= 0.3 is 0 Å². The van der Waals surface area contributed by atoms with Crippen LogP contribution in [0.5, 0.6) is 0 Å². The third-order valence-electron chi connectivity index (χ3n) is 2.99. The molecule has 0 fully saturated rings. The van der Waals surface area contributed by atoms with Crippen molar-refractivity contribution in [1.82, 2.24) is 4.90 Å². The molecule has 3 nitrogen and oxygen atoms in total. The second-order valence-corrected chi connectivity index (χ2v) is 4.12. The van der Waals surface area contributed by atoms with Gasteiger partial charge in [0.1, 0.15) is 5.82 Å². The summed E-state index contributed by atoms with van der Waals surface area (Å²) in [6.45, 7) is 1.88. The van der Waals surface area contributed by atoms with Crippen LogP contribution in [-0.2, 0) is 0 Å². The van der Waals surface area contributed by atoms with Gasteiger partial charge in [-0.25, -0.2) is 4.39 Å². The summed E-state index contributed by atoms with van der Waals surface area (Å²) in [5.41, 5.74) is 0.874. The minimum Gasteiger partial charge on any atom is -0.459 e. The Labute approximate surface area is 105 Å². The predicted molar refractivity (Wildman–Crippen MR) is 65.6 cm³/mol. The summed E-state index contributed by atoms with van der Waals surface area (Å²) >= 11 is 0. The Morgan fingerprint density at radius 3 is 2.50 bits per heavy atom. The van der Waals surface area contributed by atoms with Gasteiger partial charge in [0.15, 0.2) is 5.76 Å². The fraction of sp³-hybridized carbons (Fsp3) is 0.214. The van der Waals surface area contributed by atoms with E-state index < -0.39 is 0 Å². The highest BCUT2D eigenvalue weighted by molar-refractivity contribution is 5.91. The summed E-state index contributed by atoms with van der Waals surface area (Å²) in [5, 5.41) is 0. The molecule has 0 aliphatic rings. The number of carbonyl (C=O) groups is 1. The Hall–Kier alpha value is -2.10. The Morgan fingerprint density at radius 1 is 1.28 bits per heavy atom. The quantitative estimate of drug-likeness (QED) is 0.834. The molecule has 0 aliphatic carbocycles. The zero-order valence-corrected chi connectivity index (χ0v) is 10.3. The van der Waals surface area contributed by atoms with Crippen LogP contribution in [0, 0.1) is 5.82 Å². The van der Waals surface area contributed by atoms with E-state index in [9.17, 15) is 9.18 Å². The zero-order chi connectivity index (χ0) is 13.1. The van der Waals surface area contributed by atoms with Gasteiger partial charge in [0.2, 0.25) is 0 Å². The van der Waals surface area contributed by atoms with Crippen LogP contribution >= 0.6 is 0 Å². The summed E-state index contributed by atoms with van der Waals surface area (Å²) in [4.78, 5) is 13.6. The van der Waals surface area contributed by atoms with Crippen molar-refractivity contribution in [2.75, 3.05) is 7.05 Å². The molecule has 1 unspecified atom stereocenters. The van der Waals surface area contributed by atoms with Crippen molar-refractivity contribution in [3.05, 3.63) is 59.8 Å². The molecule has 18 heavy (non-hydrogen) atoms. The summed E-state index contributed by atoms with van der Waals surface area (Å²) in [6, 6.07) is 9.26. The Morgan fingerprint density at radius 2 is 1.94 bits per heavy atom. The summed E-state index contributed by atoms with van der Waals surface area (Å²) in [6.07, 6.45) is 1.46. The molecule has 0 N–H and O–H groups in total. The number of amides is 1. The first kappa shape index (κ1) is 12.4. The fourth-order valence-electron chi connectivity index (χ4n) is 1.71. The van der Waals surface area contributed by atoms with Crippen molar-refractivity contribution in [3.8, 4) is 0 Å². The third kappa shape index (κ3) is 2.42. The monoisotopic (exact) mass is 247 g/mol. The molecule has 1 atom stereocenters. The molecule has 0 radical (unpaired) electrons. The van der Waals surface area contributed by atoms with Crippen molar-refractivity contribution in [2.24, 2.45) is 0 Å². The molecule has 0 saturated carbocycles. The van der Waals surface area contributed by atoms with Gasteiger partial charge in [-0.3, -0.25) is 4.79 Å². The van der Waals surface area contributed by atoms with Crippen molar-refractivity contribution in [3.63, 3.8) is 0 Å². The van der Waals surface area contributed by atoms with E-state index in [-0.39, 0.29) is 17.8 Å². The molecule has 1 aromatic heterocycles. The number of rotatable bonds is 3. The lowest BCUT2D eigenvalue weighted by atomic mass is 10.1. The molecule has 1 amide bonds. The van der Waals surface area contributed by atoms with Crippen LogP contribution in [0.4, 0.5) is 4.39 Å². The van der Waals surface area contributed by atoms with Crippen LogP contribution in [0.2, 0.25) is 0 Å². The summed E-state index contributed by atoms with van der Waals surface area (Å²) in [5.74, 6) is -0.186. The topological polar surface area (TPSA) is 33.5 Å². The molecule has 1 heterocycles. The molecule has 2 rings (SSSR count). The number of hydrogen-bond donors (Lipinski definition) is 0. The van der Waals surface area contributed by atoms with E-state index in [0.29, 0.717) is 5.76 Å².